The van der Waals surface area contributed by atoms with E-state index in [1.165, 1.54) is 5.56 Å². The lowest BCUT2D eigenvalue weighted by Crippen LogP contribution is -1.95. The molecule has 0 bridgehead atoms. The molecule has 1 heterocycles. The Bertz CT molecular complexity index is 1140. The van der Waals surface area contributed by atoms with Crippen LogP contribution in [0.1, 0.15) is 36.5 Å². The second kappa shape index (κ2) is 6.06. The van der Waals surface area contributed by atoms with E-state index in [1.54, 1.807) is 0 Å². The zero-order valence-electron chi connectivity index (χ0n) is 14.7. The van der Waals surface area contributed by atoms with Crippen molar-refractivity contribution in [2.24, 2.45) is 0 Å². The minimum atomic E-state index is 0.470. The third kappa shape index (κ3) is 2.42. The van der Waals surface area contributed by atoms with Crippen LogP contribution in [-0.2, 0) is 0 Å². The highest BCUT2D eigenvalue weighted by molar-refractivity contribution is 6.09. The fourth-order valence-corrected chi connectivity index (χ4v) is 3.44. The molecule has 26 heavy (non-hydrogen) atoms. The van der Waals surface area contributed by atoms with Crippen LogP contribution in [0.25, 0.3) is 27.5 Å². The van der Waals surface area contributed by atoms with E-state index in [-0.39, 0.29) is 0 Å². The summed E-state index contributed by atoms with van der Waals surface area (Å²) in [7, 11) is 0. The average molecular weight is 335 g/mol. The van der Waals surface area contributed by atoms with E-state index >= 15 is 0 Å². The SMILES string of the molecule is CC(C)c1ccc(-n2c3cc(C#N)ccc3c3ccc(C#N)cc32)cc1. The monoisotopic (exact) mass is 335 g/mol. The first kappa shape index (κ1) is 15.9. The third-order valence-electron chi connectivity index (χ3n) is 4.84. The molecule has 3 aromatic carbocycles. The number of nitrogens with zero attached hydrogens (tertiary/aromatic N) is 3. The predicted octanol–water partition coefficient (Wildman–Crippen LogP) is 5.65. The van der Waals surface area contributed by atoms with Gasteiger partial charge in [-0.1, -0.05) is 38.1 Å². The van der Waals surface area contributed by atoms with Gasteiger partial charge in [0.2, 0.25) is 0 Å². The Morgan fingerprint density at radius 3 is 1.65 bits per heavy atom. The van der Waals surface area contributed by atoms with E-state index in [0.717, 1.165) is 27.5 Å². The van der Waals surface area contributed by atoms with Gasteiger partial charge in [-0.05, 0) is 47.9 Å². The van der Waals surface area contributed by atoms with Gasteiger partial charge < -0.3 is 4.57 Å². The maximum atomic E-state index is 9.31. The van der Waals surface area contributed by atoms with Crippen LogP contribution >= 0.6 is 0 Å². The molecule has 4 rings (SSSR count). The van der Waals surface area contributed by atoms with Gasteiger partial charge in [0, 0.05) is 16.5 Å². The number of hydrogen-bond donors (Lipinski definition) is 0. The molecule has 0 atom stereocenters. The van der Waals surface area contributed by atoms with Crippen molar-refractivity contribution in [1.29, 1.82) is 10.5 Å². The van der Waals surface area contributed by atoms with Crippen molar-refractivity contribution in [1.82, 2.24) is 4.57 Å². The van der Waals surface area contributed by atoms with Gasteiger partial charge in [-0.25, -0.2) is 0 Å². The molecule has 3 heteroatoms. The summed E-state index contributed by atoms with van der Waals surface area (Å²) in [5.41, 5.74) is 5.52. The number of fused-ring (bicyclic) bond motifs is 3. The Balaban J connectivity index is 2.09. The van der Waals surface area contributed by atoms with Gasteiger partial charge in [0.05, 0.1) is 34.3 Å². The average Bonchev–Trinajstić information content (AvgIpc) is 3.00. The van der Waals surface area contributed by atoms with Gasteiger partial charge >= 0.3 is 0 Å². The molecule has 0 radical (unpaired) electrons. The summed E-state index contributed by atoms with van der Waals surface area (Å²) in [6.45, 7) is 4.35. The lowest BCUT2D eigenvalue weighted by Gasteiger charge is -2.11. The van der Waals surface area contributed by atoms with Crippen molar-refractivity contribution in [2.45, 2.75) is 19.8 Å². The minimum Gasteiger partial charge on any atom is -0.309 e. The summed E-state index contributed by atoms with van der Waals surface area (Å²) in [4.78, 5) is 0. The number of benzene rings is 3. The van der Waals surface area contributed by atoms with E-state index in [9.17, 15) is 10.5 Å². The number of nitriles is 2. The van der Waals surface area contributed by atoms with Crippen LogP contribution in [0.3, 0.4) is 0 Å². The van der Waals surface area contributed by atoms with Crippen molar-refractivity contribution in [3.05, 3.63) is 77.4 Å². The van der Waals surface area contributed by atoms with Crippen LogP contribution in [-0.4, -0.2) is 4.57 Å². The van der Waals surface area contributed by atoms with Gasteiger partial charge in [0.1, 0.15) is 0 Å². The molecule has 0 spiro atoms. The zero-order valence-corrected chi connectivity index (χ0v) is 14.7. The van der Waals surface area contributed by atoms with Crippen LogP contribution in [0, 0.1) is 22.7 Å². The molecular weight excluding hydrogens is 318 g/mol. The van der Waals surface area contributed by atoms with Crippen molar-refractivity contribution in [3.8, 4) is 17.8 Å². The summed E-state index contributed by atoms with van der Waals surface area (Å²) in [6, 6.07) is 24.4. The molecule has 0 aliphatic rings. The van der Waals surface area contributed by atoms with E-state index in [0.29, 0.717) is 17.0 Å². The van der Waals surface area contributed by atoms with Crippen LogP contribution in [0.15, 0.2) is 60.7 Å². The first-order valence-corrected chi connectivity index (χ1v) is 8.61. The largest absolute Gasteiger partial charge is 0.309 e. The van der Waals surface area contributed by atoms with Crippen molar-refractivity contribution in [3.63, 3.8) is 0 Å². The third-order valence-corrected chi connectivity index (χ3v) is 4.84. The number of hydrogen-bond acceptors (Lipinski definition) is 2. The van der Waals surface area contributed by atoms with Crippen LogP contribution in [0.5, 0.6) is 0 Å². The van der Waals surface area contributed by atoms with Crippen molar-refractivity contribution in [2.75, 3.05) is 0 Å². The van der Waals surface area contributed by atoms with Gasteiger partial charge in [0.15, 0.2) is 0 Å². The quantitative estimate of drug-likeness (QED) is 0.475. The standard InChI is InChI=1S/C23H17N3/c1-15(2)18-5-7-19(8-6-18)26-22-11-16(13-24)3-9-20(22)21-10-4-17(14-25)12-23(21)26/h3-12,15H,1-2H3. The van der Waals surface area contributed by atoms with Crippen LogP contribution in [0.4, 0.5) is 0 Å². The highest BCUT2D eigenvalue weighted by Gasteiger charge is 2.14. The van der Waals surface area contributed by atoms with Gasteiger partial charge in [-0.3, -0.25) is 0 Å². The molecule has 0 saturated heterocycles. The van der Waals surface area contributed by atoms with E-state index in [4.69, 9.17) is 0 Å². The highest BCUT2D eigenvalue weighted by Crippen LogP contribution is 2.33. The molecule has 0 aliphatic carbocycles. The molecule has 0 fully saturated rings. The molecule has 0 N–H and O–H groups in total. The lowest BCUT2D eigenvalue weighted by atomic mass is 10.0. The van der Waals surface area contributed by atoms with Gasteiger partial charge in [-0.15, -0.1) is 0 Å². The first-order chi connectivity index (χ1) is 12.6. The lowest BCUT2D eigenvalue weighted by molar-refractivity contribution is 0.866. The van der Waals surface area contributed by atoms with E-state index in [2.05, 4.69) is 54.8 Å². The van der Waals surface area contributed by atoms with Gasteiger partial charge in [-0.2, -0.15) is 10.5 Å². The number of rotatable bonds is 2. The van der Waals surface area contributed by atoms with Gasteiger partial charge in [0.25, 0.3) is 0 Å². The molecular formula is C23H17N3. The molecule has 0 amide bonds. The smallest absolute Gasteiger partial charge is 0.0992 e. The fraction of sp³-hybridized carbons (Fsp3) is 0.130. The van der Waals surface area contributed by atoms with Crippen molar-refractivity contribution >= 4 is 21.8 Å². The summed E-state index contributed by atoms with van der Waals surface area (Å²) < 4.78 is 2.14. The molecule has 0 saturated carbocycles. The maximum Gasteiger partial charge on any atom is 0.0992 e. The number of aromatic nitrogens is 1. The topological polar surface area (TPSA) is 52.5 Å². The maximum absolute atomic E-state index is 9.31. The summed E-state index contributed by atoms with van der Waals surface area (Å²) in [6.07, 6.45) is 0. The molecule has 1 aromatic heterocycles. The highest BCUT2D eigenvalue weighted by atomic mass is 15.0. The Labute approximate surface area is 152 Å². The molecule has 124 valence electrons. The Morgan fingerprint density at radius 2 is 1.23 bits per heavy atom. The molecule has 4 aromatic rings. The second-order valence-electron chi connectivity index (χ2n) is 6.77. The molecule has 3 nitrogen and oxygen atoms in total. The Kier molecular flexibility index (Phi) is 3.72. The minimum absolute atomic E-state index is 0.470. The molecule has 0 aliphatic heterocycles. The molecule has 0 unspecified atom stereocenters. The summed E-state index contributed by atoms with van der Waals surface area (Å²) in [5.74, 6) is 0.470. The van der Waals surface area contributed by atoms with E-state index in [1.807, 2.05) is 36.4 Å². The summed E-state index contributed by atoms with van der Waals surface area (Å²) >= 11 is 0. The summed E-state index contributed by atoms with van der Waals surface area (Å²) in [5, 5.41) is 20.8. The predicted molar refractivity (Wildman–Crippen MR) is 104 cm³/mol. The van der Waals surface area contributed by atoms with E-state index < -0.39 is 0 Å². The normalized spacial score (nSPS) is 11.0. The first-order valence-electron chi connectivity index (χ1n) is 8.61. The fourth-order valence-electron chi connectivity index (χ4n) is 3.44. The van der Waals surface area contributed by atoms with Crippen molar-refractivity contribution < 1.29 is 0 Å². The zero-order chi connectivity index (χ0) is 18.3. The van der Waals surface area contributed by atoms with Crippen LogP contribution in [0.2, 0.25) is 0 Å². The second-order valence-corrected chi connectivity index (χ2v) is 6.77. The Hall–Kier alpha value is -3.56. The van der Waals surface area contributed by atoms with Crippen LogP contribution < -0.4 is 0 Å². The Morgan fingerprint density at radius 1 is 0.731 bits per heavy atom.